The molecule has 1 amide bonds. The minimum absolute atomic E-state index is 0. The Balaban J connectivity index is 0.00000324. The van der Waals surface area contributed by atoms with E-state index in [9.17, 15) is 4.79 Å². The fourth-order valence-corrected chi connectivity index (χ4v) is 1.74. The van der Waals surface area contributed by atoms with Crippen LogP contribution < -0.4 is 11.5 Å². The van der Waals surface area contributed by atoms with Gasteiger partial charge in [0.2, 0.25) is 5.91 Å². The molecule has 0 aliphatic carbocycles. The lowest BCUT2D eigenvalue weighted by atomic mass is 10.1. The van der Waals surface area contributed by atoms with Crippen LogP contribution in [0.25, 0.3) is 0 Å². The van der Waals surface area contributed by atoms with Crippen LogP contribution in [0.1, 0.15) is 25.3 Å². The van der Waals surface area contributed by atoms with Crippen molar-refractivity contribution in [3.8, 4) is 0 Å². The van der Waals surface area contributed by atoms with E-state index in [1.165, 1.54) is 0 Å². The number of amides is 1. The Morgan fingerprint density at radius 1 is 1.37 bits per heavy atom. The monoisotopic (exact) mass is 350 g/mol. The van der Waals surface area contributed by atoms with Crippen LogP contribution in [0.3, 0.4) is 0 Å². The summed E-state index contributed by atoms with van der Waals surface area (Å²) in [6, 6.07) is 7.75. The molecule has 1 aromatic carbocycles. The first-order valence-corrected chi connectivity index (χ1v) is 6.68. The summed E-state index contributed by atoms with van der Waals surface area (Å²) in [4.78, 5) is 10.7. The van der Waals surface area contributed by atoms with E-state index in [4.69, 9.17) is 16.2 Å². The first-order valence-electron chi connectivity index (χ1n) is 5.89. The molecule has 0 aliphatic heterocycles. The number of benzene rings is 1. The molecule has 4 N–H and O–H groups in total. The topological polar surface area (TPSA) is 78.3 Å². The van der Waals surface area contributed by atoms with Crippen LogP contribution in [0.5, 0.6) is 0 Å². The fourth-order valence-electron chi connectivity index (χ4n) is 1.48. The third-order valence-corrected chi connectivity index (χ3v) is 3.28. The van der Waals surface area contributed by atoms with Gasteiger partial charge in [0.15, 0.2) is 0 Å². The summed E-state index contributed by atoms with van der Waals surface area (Å²) >= 11 is 3.38. The highest BCUT2D eigenvalue weighted by molar-refractivity contribution is 9.10. The molecule has 0 bridgehead atoms. The van der Waals surface area contributed by atoms with Crippen molar-refractivity contribution in [2.75, 3.05) is 0 Å². The molecule has 0 fully saturated rings. The second kappa shape index (κ2) is 9.31. The van der Waals surface area contributed by atoms with Crippen LogP contribution in [-0.2, 0) is 16.1 Å². The average molecular weight is 352 g/mol. The number of ether oxygens (including phenoxy) is 1. The van der Waals surface area contributed by atoms with Gasteiger partial charge in [0.05, 0.1) is 12.7 Å². The van der Waals surface area contributed by atoms with E-state index in [-0.39, 0.29) is 30.5 Å². The Labute approximate surface area is 128 Å². The molecule has 1 aromatic rings. The lowest BCUT2D eigenvalue weighted by Gasteiger charge is -2.20. The number of carbonyl (C=O) groups excluding carboxylic acids is 1. The third kappa shape index (κ3) is 7.52. The van der Waals surface area contributed by atoms with E-state index in [1.807, 2.05) is 31.2 Å². The smallest absolute Gasteiger partial charge is 0.217 e. The maximum atomic E-state index is 10.7. The zero-order valence-electron chi connectivity index (χ0n) is 10.8. The Morgan fingerprint density at radius 2 is 1.95 bits per heavy atom. The molecule has 0 aromatic heterocycles. The highest BCUT2D eigenvalue weighted by Gasteiger charge is 2.14. The largest absolute Gasteiger partial charge is 0.372 e. The van der Waals surface area contributed by atoms with Gasteiger partial charge in [0, 0.05) is 16.9 Å². The maximum Gasteiger partial charge on any atom is 0.217 e. The fraction of sp³-hybridized carbons (Fsp3) is 0.462. The highest BCUT2D eigenvalue weighted by atomic mass is 79.9. The van der Waals surface area contributed by atoms with E-state index < -0.39 is 0 Å². The molecule has 0 saturated carbocycles. The number of primary amides is 1. The molecule has 0 saturated heterocycles. The van der Waals surface area contributed by atoms with Crippen molar-refractivity contribution in [2.24, 2.45) is 11.5 Å². The summed E-state index contributed by atoms with van der Waals surface area (Å²) < 4.78 is 6.71. The van der Waals surface area contributed by atoms with Gasteiger partial charge < -0.3 is 16.2 Å². The molecule has 19 heavy (non-hydrogen) atoms. The summed E-state index contributed by atoms with van der Waals surface area (Å²) in [7, 11) is 0. The van der Waals surface area contributed by atoms with Gasteiger partial charge >= 0.3 is 0 Å². The molecular formula is C13H20BrClN2O2. The molecular weight excluding hydrogens is 332 g/mol. The van der Waals surface area contributed by atoms with Gasteiger partial charge in [-0.2, -0.15) is 0 Å². The number of carbonyl (C=O) groups is 1. The van der Waals surface area contributed by atoms with E-state index in [0.29, 0.717) is 19.4 Å². The first kappa shape index (κ1) is 18.4. The summed E-state index contributed by atoms with van der Waals surface area (Å²) in [5.41, 5.74) is 12.1. The predicted octanol–water partition coefficient (Wildman–Crippen LogP) is 2.37. The molecule has 0 spiro atoms. The molecule has 6 heteroatoms. The van der Waals surface area contributed by atoms with Crippen molar-refractivity contribution in [3.05, 3.63) is 34.3 Å². The number of hydrogen-bond donors (Lipinski definition) is 2. The highest BCUT2D eigenvalue weighted by Crippen LogP contribution is 2.13. The Hall–Kier alpha value is -0.620. The van der Waals surface area contributed by atoms with Gasteiger partial charge in [-0.25, -0.2) is 0 Å². The van der Waals surface area contributed by atoms with Crippen LogP contribution in [0, 0.1) is 0 Å². The van der Waals surface area contributed by atoms with E-state index in [2.05, 4.69) is 15.9 Å². The van der Waals surface area contributed by atoms with E-state index in [0.717, 1.165) is 10.0 Å². The quantitative estimate of drug-likeness (QED) is 0.791. The Morgan fingerprint density at radius 3 is 2.47 bits per heavy atom. The molecule has 4 nitrogen and oxygen atoms in total. The zero-order chi connectivity index (χ0) is 13.5. The van der Waals surface area contributed by atoms with Crippen molar-refractivity contribution < 1.29 is 9.53 Å². The summed E-state index contributed by atoms with van der Waals surface area (Å²) in [5.74, 6) is -0.328. The minimum Gasteiger partial charge on any atom is -0.372 e. The third-order valence-electron chi connectivity index (χ3n) is 2.75. The normalized spacial score (nSPS) is 13.4. The number of hydrogen-bond acceptors (Lipinski definition) is 3. The second-order valence-electron chi connectivity index (χ2n) is 4.31. The molecule has 0 radical (unpaired) electrons. The summed E-state index contributed by atoms with van der Waals surface area (Å²) in [5, 5.41) is 0. The van der Waals surface area contributed by atoms with Crippen molar-refractivity contribution in [2.45, 2.75) is 38.5 Å². The van der Waals surface area contributed by atoms with Gasteiger partial charge in [-0.1, -0.05) is 28.1 Å². The van der Waals surface area contributed by atoms with Crippen molar-refractivity contribution in [1.29, 1.82) is 0 Å². The molecule has 1 rings (SSSR count). The van der Waals surface area contributed by atoms with E-state index >= 15 is 0 Å². The molecule has 108 valence electrons. The first-order chi connectivity index (χ1) is 8.49. The molecule has 0 heterocycles. The van der Waals surface area contributed by atoms with Crippen LogP contribution in [0.2, 0.25) is 0 Å². The predicted molar refractivity (Wildman–Crippen MR) is 82.0 cm³/mol. The summed E-state index contributed by atoms with van der Waals surface area (Å²) in [6.45, 7) is 2.42. The van der Waals surface area contributed by atoms with Gasteiger partial charge in [-0.3, -0.25) is 4.79 Å². The number of nitrogens with two attached hydrogens (primary N) is 2. The molecule has 0 aliphatic rings. The Bertz CT molecular complexity index is 387. The maximum absolute atomic E-state index is 10.7. The number of halogens is 2. The zero-order valence-corrected chi connectivity index (χ0v) is 13.2. The van der Waals surface area contributed by atoms with Crippen LogP contribution in [-0.4, -0.2) is 18.1 Å². The minimum atomic E-state index is -0.328. The Kier molecular flexibility index (Phi) is 9.01. The molecule has 2 unspecified atom stereocenters. The van der Waals surface area contributed by atoms with Crippen LogP contribution in [0.4, 0.5) is 0 Å². The van der Waals surface area contributed by atoms with Crippen LogP contribution >= 0.6 is 28.3 Å². The van der Waals surface area contributed by atoms with Crippen molar-refractivity contribution >= 4 is 34.2 Å². The summed E-state index contributed by atoms with van der Waals surface area (Å²) in [6.07, 6.45) is 0.747. The standard InChI is InChI=1S/C13H19BrN2O2.ClH/c1-9(12(15)6-7-13(16)17)18-8-10-2-4-11(14)5-3-10;/h2-5,9,12H,6-8,15H2,1H3,(H2,16,17);1H. The van der Waals surface area contributed by atoms with Crippen molar-refractivity contribution in [1.82, 2.24) is 0 Å². The average Bonchev–Trinajstić information content (AvgIpc) is 2.34. The lowest BCUT2D eigenvalue weighted by molar-refractivity contribution is -0.118. The lowest BCUT2D eigenvalue weighted by Crippen LogP contribution is -2.35. The SMILES string of the molecule is CC(OCc1ccc(Br)cc1)C(N)CCC(N)=O.Cl. The van der Waals surface area contributed by atoms with Gasteiger partial charge in [0.1, 0.15) is 0 Å². The second-order valence-corrected chi connectivity index (χ2v) is 5.23. The van der Waals surface area contributed by atoms with Crippen LogP contribution in [0.15, 0.2) is 28.7 Å². The van der Waals surface area contributed by atoms with Gasteiger partial charge in [-0.05, 0) is 31.0 Å². The van der Waals surface area contributed by atoms with E-state index in [1.54, 1.807) is 0 Å². The number of rotatable bonds is 7. The molecule has 2 atom stereocenters. The van der Waals surface area contributed by atoms with Crippen molar-refractivity contribution in [3.63, 3.8) is 0 Å². The van der Waals surface area contributed by atoms with Gasteiger partial charge in [-0.15, -0.1) is 12.4 Å². The van der Waals surface area contributed by atoms with Gasteiger partial charge in [0.25, 0.3) is 0 Å².